The Morgan fingerprint density at radius 2 is 2.32 bits per heavy atom. The lowest BCUT2D eigenvalue weighted by atomic mass is 10.2. The summed E-state index contributed by atoms with van der Waals surface area (Å²) in [6.45, 7) is 2.49. The van der Waals surface area contributed by atoms with Crippen LogP contribution in [0.2, 0.25) is 0 Å². The van der Waals surface area contributed by atoms with Gasteiger partial charge in [-0.2, -0.15) is 5.10 Å². The van der Waals surface area contributed by atoms with E-state index in [0.717, 1.165) is 11.3 Å². The zero-order chi connectivity index (χ0) is 13.8. The maximum Gasteiger partial charge on any atom is 0.273 e. The van der Waals surface area contributed by atoms with E-state index in [1.165, 1.54) is 19.2 Å². The van der Waals surface area contributed by atoms with Crippen molar-refractivity contribution in [2.45, 2.75) is 13.5 Å². The Labute approximate surface area is 109 Å². The summed E-state index contributed by atoms with van der Waals surface area (Å²) in [7, 11) is 1.48. The Bertz CT molecular complexity index is 594. The maximum absolute atomic E-state index is 10.7. The molecule has 1 heterocycles. The number of nitrogens with one attached hydrogen (secondary N) is 2. The van der Waals surface area contributed by atoms with Gasteiger partial charge in [0.25, 0.3) is 5.69 Å². The van der Waals surface area contributed by atoms with Gasteiger partial charge >= 0.3 is 0 Å². The highest BCUT2D eigenvalue weighted by molar-refractivity contribution is 5.60. The van der Waals surface area contributed by atoms with Gasteiger partial charge in [-0.1, -0.05) is 0 Å². The quantitative estimate of drug-likeness (QED) is 0.636. The summed E-state index contributed by atoms with van der Waals surface area (Å²) in [5.41, 5.74) is 2.71. The highest BCUT2D eigenvalue weighted by Gasteiger charge is 2.11. The standard InChI is InChI=1S/C12H14N4O3/c1-8-9(7-14-15-8)6-13-11-4-3-10(16(17)18)5-12(11)19-2/h3-5,7,13H,6H2,1-2H3,(H,14,15). The van der Waals surface area contributed by atoms with Crippen molar-refractivity contribution in [3.63, 3.8) is 0 Å². The van der Waals surface area contributed by atoms with Crippen LogP contribution in [0.25, 0.3) is 0 Å². The van der Waals surface area contributed by atoms with Crippen LogP contribution in [-0.4, -0.2) is 22.2 Å². The molecular formula is C12H14N4O3. The molecule has 0 atom stereocenters. The number of rotatable bonds is 5. The zero-order valence-electron chi connectivity index (χ0n) is 10.6. The first kappa shape index (κ1) is 12.9. The summed E-state index contributed by atoms with van der Waals surface area (Å²) in [4.78, 5) is 10.2. The molecule has 0 bridgehead atoms. The third-order valence-electron chi connectivity index (χ3n) is 2.80. The number of hydrogen-bond acceptors (Lipinski definition) is 5. The lowest BCUT2D eigenvalue weighted by Gasteiger charge is -2.10. The highest BCUT2D eigenvalue weighted by Crippen LogP contribution is 2.29. The number of hydrogen-bond donors (Lipinski definition) is 2. The first-order chi connectivity index (χ1) is 9.11. The predicted octanol–water partition coefficient (Wildman–Crippen LogP) is 2.25. The second-order valence-electron chi connectivity index (χ2n) is 4.02. The van der Waals surface area contributed by atoms with Gasteiger partial charge in [-0.3, -0.25) is 15.2 Å². The van der Waals surface area contributed by atoms with Gasteiger partial charge in [-0.15, -0.1) is 0 Å². The summed E-state index contributed by atoms with van der Waals surface area (Å²) in [6, 6.07) is 4.46. The lowest BCUT2D eigenvalue weighted by Crippen LogP contribution is -2.02. The molecule has 0 radical (unpaired) electrons. The van der Waals surface area contributed by atoms with Crippen LogP contribution in [0.3, 0.4) is 0 Å². The summed E-state index contributed by atoms with van der Waals surface area (Å²) in [5.74, 6) is 0.440. The van der Waals surface area contributed by atoms with Crippen LogP contribution < -0.4 is 10.1 Å². The van der Waals surface area contributed by atoms with Crippen LogP contribution >= 0.6 is 0 Å². The van der Waals surface area contributed by atoms with E-state index in [2.05, 4.69) is 15.5 Å². The molecule has 1 aromatic heterocycles. The van der Waals surface area contributed by atoms with Crippen molar-refractivity contribution >= 4 is 11.4 Å². The van der Waals surface area contributed by atoms with Crippen LogP contribution in [0.5, 0.6) is 5.75 Å². The molecule has 0 aliphatic heterocycles. The molecule has 2 rings (SSSR count). The van der Waals surface area contributed by atoms with E-state index in [4.69, 9.17) is 4.74 Å². The fourth-order valence-electron chi connectivity index (χ4n) is 1.68. The number of ether oxygens (including phenoxy) is 1. The molecule has 2 aromatic rings. The molecule has 0 saturated carbocycles. The van der Waals surface area contributed by atoms with E-state index in [0.29, 0.717) is 18.0 Å². The van der Waals surface area contributed by atoms with Crippen molar-refractivity contribution in [1.29, 1.82) is 0 Å². The topological polar surface area (TPSA) is 93.1 Å². The zero-order valence-corrected chi connectivity index (χ0v) is 10.6. The Kier molecular flexibility index (Phi) is 3.65. The second-order valence-corrected chi connectivity index (χ2v) is 4.02. The third-order valence-corrected chi connectivity index (χ3v) is 2.80. The Morgan fingerprint density at radius 1 is 1.53 bits per heavy atom. The molecule has 0 amide bonds. The van der Waals surface area contributed by atoms with E-state index in [1.54, 1.807) is 12.3 Å². The normalized spacial score (nSPS) is 10.2. The fraction of sp³-hybridized carbons (Fsp3) is 0.250. The lowest BCUT2D eigenvalue weighted by molar-refractivity contribution is -0.384. The van der Waals surface area contributed by atoms with E-state index in [1.807, 2.05) is 6.92 Å². The van der Waals surface area contributed by atoms with Crippen molar-refractivity contribution in [3.8, 4) is 5.75 Å². The number of anilines is 1. The van der Waals surface area contributed by atoms with Gasteiger partial charge in [0.05, 0.1) is 30.0 Å². The summed E-state index contributed by atoms with van der Waals surface area (Å²) in [6.07, 6.45) is 1.74. The van der Waals surface area contributed by atoms with Crippen molar-refractivity contribution in [1.82, 2.24) is 10.2 Å². The van der Waals surface area contributed by atoms with Gasteiger partial charge in [0.15, 0.2) is 0 Å². The van der Waals surface area contributed by atoms with Gasteiger partial charge in [-0.25, -0.2) is 0 Å². The van der Waals surface area contributed by atoms with Gasteiger partial charge in [0, 0.05) is 23.9 Å². The Balaban J connectivity index is 2.16. The van der Waals surface area contributed by atoms with Crippen molar-refractivity contribution < 1.29 is 9.66 Å². The van der Waals surface area contributed by atoms with Crippen molar-refractivity contribution in [2.75, 3.05) is 12.4 Å². The summed E-state index contributed by atoms with van der Waals surface area (Å²) in [5, 5.41) is 20.6. The van der Waals surface area contributed by atoms with Gasteiger partial charge in [0.2, 0.25) is 0 Å². The maximum atomic E-state index is 10.7. The first-order valence-corrected chi connectivity index (χ1v) is 5.67. The number of benzene rings is 1. The number of nitro groups is 1. The Morgan fingerprint density at radius 3 is 2.89 bits per heavy atom. The molecule has 2 N–H and O–H groups in total. The van der Waals surface area contributed by atoms with E-state index >= 15 is 0 Å². The fourth-order valence-corrected chi connectivity index (χ4v) is 1.68. The highest BCUT2D eigenvalue weighted by atomic mass is 16.6. The Hall–Kier alpha value is -2.57. The molecule has 1 aromatic carbocycles. The third kappa shape index (κ3) is 2.82. The predicted molar refractivity (Wildman–Crippen MR) is 70.3 cm³/mol. The number of nitro benzene ring substituents is 1. The number of H-pyrrole nitrogens is 1. The summed E-state index contributed by atoms with van der Waals surface area (Å²) >= 11 is 0. The van der Waals surface area contributed by atoms with Crippen LogP contribution in [0.15, 0.2) is 24.4 Å². The van der Waals surface area contributed by atoms with Crippen LogP contribution in [0, 0.1) is 17.0 Å². The minimum absolute atomic E-state index is 0.00175. The number of aryl methyl sites for hydroxylation is 1. The number of nitrogens with zero attached hydrogens (tertiary/aromatic N) is 2. The van der Waals surface area contributed by atoms with E-state index < -0.39 is 4.92 Å². The number of aromatic nitrogens is 2. The minimum atomic E-state index is -0.452. The SMILES string of the molecule is COc1cc([N+](=O)[O-])ccc1NCc1cn[nH]c1C. The van der Waals surface area contributed by atoms with Crippen LogP contribution in [0.1, 0.15) is 11.3 Å². The van der Waals surface area contributed by atoms with Gasteiger partial charge in [-0.05, 0) is 13.0 Å². The van der Waals surface area contributed by atoms with Crippen molar-refractivity contribution in [2.24, 2.45) is 0 Å². The largest absolute Gasteiger partial charge is 0.494 e. The van der Waals surface area contributed by atoms with Gasteiger partial charge in [0.1, 0.15) is 5.75 Å². The van der Waals surface area contributed by atoms with E-state index in [-0.39, 0.29) is 5.69 Å². The second kappa shape index (κ2) is 5.38. The van der Waals surface area contributed by atoms with E-state index in [9.17, 15) is 10.1 Å². The average Bonchev–Trinajstić information content (AvgIpc) is 2.81. The molecule has 0 fully saturated rings. The molecule has 100 valence electrons. The molecule has 7 nitrogen and oxygen atoms in total. The number of methoxy groups -OCH3 is 1. The molecule has 0 saturated heterocycles. The molecule has 0 unspecified atom stereocenters. The van der Waals surface area contributed by atoms with Crippen molar-refractivity contribution in [3.05, 3.63) is 45.8 Å². The molecular weight excluding hydrogens is 248 g/mol. The molecule has 19 heavy (non-hydrogen) atoms. The first-order valence-electron chi connectivity index (χ1n) is 5.67. The molecule has 7 heteroatoms. The minimum Gasteiger partial charge on any atom is -0.494 e. The molecule has 0 aliphatic carbocycles. The average molecular weight is 262 g/mol. The molecule has 0 aliphatic rings. The number of non-ortho nitro benzene ring substituents is 1. The molecule has 0 spiro atoms. The smallest absolute Gasteiger partial charge is 0.273 e. The van der Waals surface area contributed by atoms with Crippen LogP contribution in [0.4, 0.5) is 11.4 Å². The summed E-state index contributed by atoms with van der Waals surface area (Å²) < 4.78 is 5.15. The monoisotopic (exact) mass is 262 g/mol. The van der Waals surface area contributed by atoms with Gasteiger partial charge < -0.3 is 10.1 Å². The van der Waals surface area contributed by atoms with Crippen LogP contribution in [-0.2, 0) is 6.54 Å². The number of aromatic amines is 1.